The van der Waals surface area contributed by atoms with Gasteiger partial charge in [-0.2, -0.15) is 0 Å². The fraction of sp³-hybridized carbons (Fsp3) is 0.273. The van der Waals surface area contributed by atoms with Gasteiger partial charge in [-0.15, -0.1) is 0 Å². The summed E-state index contributed by atoms with van der Waals surface area (Å²) in [5.74, 6) is 2.09. The number of benzene rings is 1. The molecule has 0 spiro atoms. The lowest BCUT2D eigenvalue weighted by atomic mass is 10.3. The van der Waals surface area contributed by atoms with E-state index in [2.05, 4.69) is 6.58 Å². The lowest BCUT2D eigenvalue weighted by molar-refractivity contribution is 0.323. The van der Waals surface area contributed by atoms with Crippen molar-refractivity contribution in [2.24, 2.45) is 0 Å². The maximum Gasteiger partial charge on any atom is 0.164 e. The van der Waals surface area contributed by atoms with Gasteiger partial charge < -0.3 is 14.2 Å². The minimum atomic E-state index is 0.461. The second kappa shape index (κ2) is 5.17. The fourth-order valence-corrected chi connectivity index (χ4v) is 1.04. The first kappa shape index (κ1) is 10.4. The van der Waals surface area contributed by atoms with E-state index in [1.54, 1.807) is 32.4 Å². The average Bonchev–Trinajstić information content (AvgIpc) is 2.26. The highest BCUT2D eigenvalue weighted by Crippen LogP contribution is 2.30. The van der Waals surface area contributed by atoms with Gasteiger partial charge in [0.05, 0.1) is 14.2 Å². The molecule has 0 atom stereocenters. The lowest BCUT2D eigenvalue weighted by Gasteiger charge is -2.10. The Hall–Kier alpha value is -1.64. The number of hydrogen-bond acceptors (Lipinski definition) is 3. The monoisotopic (exact) mass is 194 g/mol. The zero-order valence-corrected chi connectivity index (χ0v) is 8.45. The maximum atomic E-state index is 5.38. The van der Waals surface area contributed by atoms with Crippen LogP contribution in [0.25, 0.3) is 0 Å². The Bertz CT molecular complexity index is 307. The van der Waals surface area contributed by atoms with E-state index in [1.165, 1.54) is 0 Å². The zero-order valence-electron chi connectivity index (χ0n) is 8.45. The van der Waals surface area contributed by atoms with Crippen molar-refractivity contribution < 1.29 is 14.2 Å². The van der Waals surface area contributed by atoms with Crippen molar-refractivity contribution >= 4 is 0 Å². The molecule has 0 N–H and O–H groups in total. The first-order chi connectivity index (χ1) is 6.81. The third kappa shape index (κ3) is 2.42. The van der Waals surface area contributed by atoms with E-state index in [0.29, 0.717) is 18.1 Å². The number of ether oxygens (including phenoxy) is 3. The molecule has 0 saturated heterocycles. The van der Waals surface area contributed by atoms with Crippen molar-refractivity contribution in [1.82, 2.24) is 0 Å². The molecule has 1 aromatic rings. The molecule has 14 heavy (non-hydrogen) atoms. The largest absolute Gasteiger partial charge is 0.497 e. The first-order valence-corrected chi connectivity index (χ1v) is 4.27. The van der Waals surface area contributed by atoms with Crippen molar-refractivity contribution in [2.75, 3.05) is 20.8 Å². The number of rotatable bonds is 5. The summed E-state index contributed by atoms with van der Waals surface area (Å²) < 4.78 is 15.6. The van der Waals surface area contributed by atoms with Gasteiger partial charge in [-0.1, -0.05) is 12.7 Å². The Labute approximate surface area is 83.9 Å². The molecule has 0 aromatic heterocycles. The van der Waals surface area contributed by atoms with Crippen LogP contribution in [-0.2, 0) is 0 Å². The van der Waals surface area contributed by atoms with Gasteiger partial charge in [0.2, 0.25) is 0 Å². The summed E-state index contributed by atoms with van der Waals surface area (Å²) in [7, 11) is 3.20. The minimum absolute atomic E-state index is 0.461. The van der Waals surface area contributed by atoms with Crippen molar-refractivity contribution in [1.29, 1.82) is 0 Å². The van der Waals surface area contributed by atoms with Gasteiger partial charge in [0.25, 0.3) is 0 Å². The quantitative estimate of drug-likeness (QED) is 0.673. The van der Waals surface area contributed by atoms with Gasteiger partial charge in [0.1, 0.15) is 12.4 Å². The Morgan fingerprint density at radius 3 is 2.57 bits per heavy atom. The van der Waals surface area contributed by atoms with Crippen molar-refractivity contribution in [2.45, 2.75) is 0 Å². The second-order valence-corrected chi connectivity index (χ2v) is 2.62. The zero-order chi connectivity index (χ0) is 10.4. The molecular formula is C11H14O3. The van der Waals surface area contributed by atoms with E-state index < -0.39 is 0 Å². The standard InChI is InChI=1S/C11H14O3/c1-4-7-14-10-6-5-9(12-2)8-11(10)13-3/h4-6,8H,1,7H2,2-3H3. The molecule has 0 aliphatic heterocycles. The van der Waals surface area contributed by atoms with Crippen molar-refractivity contribution in [3.63, 3.8) is 0 Å². The average molecular weight is 194 g/mol. The molecule has 0 aliphatic rings. The summed E-state index contributed by atoms with van der Waals surface area (Å²) in [6.45, 7) is 4.04. The summed E-state index contributed by atoms with van der Waals surface area (Å²) in [5.41, 5.74) is 0. The topological polar surface area (TPSA) is 27.7 Å². The van der Waals surface area contributed by atoms with Crippen LogP contribution >= 0.6 is 0 Å². The van der Waals surface area contributed by atoms with Crippen LogP contribution in [0.2, 0.25) is 0 Å². The fourth-order valence-electron chi connectivity index (χ4n) is 1.04. The molecule has 76 valence electrons. The molecular weight excluding hydrogens is 180 g/mol. The van der Waals surface area contributed by atoms with E-state index in [4.69, 9.17) is 14.2 Å². The summed E-state index contributed by atoms with van der Waals surface area (Å²) in [4.78, 5) is 0. The van der Waals surface area contributed by atoms with Crippen LogP contribution < -0.4 is 14.2 Å². The Kier molecular flexibility index (Phi) is 3.85. The number of methoxy groups -OCH3 is 2. The molecule has 0 bridgehead atoms. The molecule has 0 radical (unpaired) electrons. The van der Waals surface area contributed by atoms with E-state index in [1.807, 2.05) is 6.07 Å². The molecule has 0 aliphatic carbocycles. The SMILES string of the molecule is C=CCOc1ccc(OC)cc1OC. The van der Waals surface area contributed by atoms with Crippen LogP contribution in [0.1, 0.15) is 0 Å². The Morgan fingerprint density at radius 2 is 2.00 bits per heavy atom. The summed E-state index contributed by atoms with van der Waals surface area (Å²) in [6, 6.07) is 5.40. The predicted octanol–water partition coefficient (Wildman–Crippen LogP) is 2.27. The maximum absolute atomic E-state index is 5.38. The molecule has 1 rings (SSSR count). The molecule has 0 saturated carbocycles. The first-order valence-electron chi connectivity index (χ1n) is 4.27. The van der Waals surface area contributed by atoms with Crippen LogP contribution in [0.3, 0.4) is 0 Å². The van der Waals surface area contributed by atoms with Crippen LogP contribution in [0.5, 0.6) is 17.2 Å². The number of hydrogen-bond donors (Lipinski definition) is 0. The van der Waals surface area contributed by atoms with E-state index in [9.17, 15) is 0 Å². The van der Waals surface area contributed by atoms with Gasteiger partial charge in [-0.05, 0) is 12.1 Å². The summed E-state index contributed by atoms with van der Waals surface area (Å²) >= 11 is 0. The highest BCUT2D eigenvalue weighted by atomic mass is 16.5. The summed E-state index contributed by atoms with van der Waals surface area (Å²) in [6.07, 6.45) is 1.68. The Balaban J connectivity index is 2.87. The smallest absolute Gasteiger partial charge is 0.164 e. The van der Waals surface area contributed by atoms with Crippen LogP contribution in [0, 0.1) is 0 Å². The van der Waals surface area contributed by atoms with Gasteiger partial charge in [0, 0.05) is 6.07 Å². The third-order valence-corrected chi connectivity index (χ3v) is 1.73. The van der Waals surface area contributed by atoms with Crippen LogP contribution in [0.4, 0.5) is 0 Å². The van der Waals surface area contributed by atoms with Crippen LogP contribution in [0.15, 0.2) is 30.9 Å². The molecule has 0 fully saturated rings. The highest BCUT2D eigenvalue weighted by molar-refractivity contribution is 5.45. The highest BCUT2D eigenvalue weighted by Gasteiger charge is 2.04. The second-order valence-electron chi connectivity index (χ2n) is 2.62. The van der Waals surface area contributed by atoms with E-state index in [0.717, 1.165) is 5.75 Å². The molecule has 3 heteroatoms. The normalized spacial score (nSPS) is 9.29. The van der Waals surface area contributed by atoms with Crippen molar-refractivity contribution in [3.8, 4) is 17.2 Å². The minimum Gasteiger partial charge on any atom is -0.497 e. The van der Waals surface area contributed by atoms with Gasteiger partial charge >= 0.3 is 0 Å². The van der Waals surface area contributed by atoms with Gasteiger partial charge in [-0.3, -0.25) is 0 Å². The molecule has 3 nitrogen and oxygen atoms in total. The summed E-state index contributed by atoms with van der Waals surface area (Å²) in [5, 5.41) is 0. The van der Waals surface area contributed by atoms with Crippen LogP contribution in [-0.4, -0.2) is 20.8 Å². The molecule has 0 unspecified atom stereocenters. The van der Waals surface area contributed by atoms with Gasteiger partial charge in [0.15, 0.2) is 11.5 Å². The van der Waals surface area contributed by atoms with Crippen molar-refractivity contribution in [3.05, 3.63) is 30.9 Å². The van der Waals surface area contributed by atoms with Gasteiger partial charge in [-0.25, -0.2) is 0 Å². The Morgan fingerprint density at radius 1 is 1.21 bits per heavy atom. The molecule has 1 aromatic carbocycles. The predicted molar refractivity (Wildman–Crippen MR) is 55.2 cm³/mol. The third-order valence-electron chi connectivity index (χ3n) is 1.73. The lowest BCUT2D eigenvalue weighted by Crippen LogP contribution is -1.96. The molecule has 0 heterocycles. The van der Waals surface area contributed by atoms with E-state index in [-0.39, 0.29) is 0 Å². The molecule has 0 amide bonds. The van der Waals surface area contributed by atoms with E-state index >= 15 is 0 Å².